The molecule has 0 spiro atoms. The van der Waals surface area contributed by atoms with Crippen LogP contribution in [0, 0.1) is 5.82 Å². The average molecular weight is 407 g/mol. The van der Waals surface area contributed by atoms with Crippen LogP contribution in [0.2, 0.25) is 5.02 Å². The van der Waals surface area contributed by atoms with Gasteiger partial charge < -0.3 is 0 Å². The zero-order chi connectivity index (χ0) is 20.2. The topological polar surface area (TPSA) is 0 Å². The lowest BCUT2D eigenvalue weighted by Gasteiger charge is -2.22. The molecule has 0 fully saturated rings. The molecule has 0 N–H and O–H groups in total. The van der Waals surface area contributed by atoms with Gasteiger partial charge in [0.15, 0.2) is 0 Å². The number of halogens is 2. The van der Waals surface area contributed by atoms with Gasteiger partial charge in [-0.25, -0.2) is 4.39 Å². The fraction of sp³-hybridized carbons (Fsp3) is 0.333. The summed E-state index contributed by atoms with van der Waals surface area (Å²) < 4.78 is 15.3. The molecule has 0 amide bonds. The summed E-state index contributed by atoms with van der Waals surface area (Å²) in [5, 5.41) is 0.669. The fourth-order valence-electron chi connectivity index (χ4n) is 4.43. The fourth-order valence-corrected chi connectivity index (χ4v) is 4.56. The molecule has 0 saturated heterocycles. The van der Waals surface area contributed by atoms with Crippen LogP contribution in [0.15, 0.2) is 54.6 Å². The Morgan fingerprint density at radius 2 is 1.52 bits per heavy atom. The third kappa shape index (κ3) is 4.41. The summed E-state index contributed by atoms with van der Waals surface area (Å²) in [5.74, 6) is -0.0875. The van der Waals surface area contributed by atoms with Gasteiger partial charge in [0.2, 0.25) is 0 Å². The summed E-state index contributed by atoms with van der Waals surface area (Å²) in [7, 11) is 0. The Hall–Kier alpha value is -2.12. The summed E-state index contributed by atoms with van der Waals surface area (Å²) in [4.78, 5) is 0. The molecule has 29 heavy (non-hydrogen) atoms. The highest BCUT2D eigenvalue weighted by Gasteiger charge is 2.21. The molecule has 0 unspecified atom stereocenters. The minimum atomic E-state index is -0.0875. The van der Waals surface area contributed by atoms with Gasteiger partial charge >= 0.3 is 0 Å². The molecule has 1 aliphatic carbocycles. The summed E-state index contributed by atoms with van der Waals surface area (Å²) in [5.41, 5.74) is 7.41. The van der Waals surface area contributed by atoms with E-state index in [2.05, 4.69) is 31.2 Å². The molecule has 150 valence electrons. The minimum Gasteiger partial charge on any atom is -0.206 e. The standard InChI is InChI=1S/C27H28ClF/c1-2-3-4-5-6-7-19-8-14-23-21(18-19)11-15-26-25(23)17-16-24(27(26)29)20-9-12-22(28)13-10-20/h8-10,12-14,16-18H,2-7,11,15H2,1H3. The molecule has 1 aliphatic rings. The maximum atomic E-state index is 15.3. The molecule has 2 heteroatoms. The number of hydrogen-bond acceptors (Lipinski definition) is 0. The lowest BCUT2D eigenvalue weighted by atomic mass is 9.82. The second-order valence-electron chi connectivity index (χ2n) is 8.12. The molecule has 0 heterocycles. The van der Waals surface area contributed by atoms with Crippen LogP contribution in [-0.2, 0) is 19.3 Å². The number of rotatable bonds is 7. The number of fused-ring (bicyclic) bond motifs is 3. The Balaban J connectivity index is 1.57. The van der Waals surface area contributed by atoms with Gasteiger partial charge in [0.1, 0.15) is 5.82 Å². The predicted octanol–water partition coefficient (Wildman–Crippen LogP) is 8.42. The minimum absolute atomic E-state index is 0.0875. The van der Waals surface area contributed by atoms with Gasteiger partial charge in [0.25, 0.3) is 0 Å². The van der Waals surface area contributed by atoms with E-state index in [1.165, 1.54) is 48.8 Å². The van der Waals surface area contributed by atoms with Crippen LogP contribution in [0.25, 0.3) is 22.3 Å². The summed E-state index contributed by atoms with van der Waals surface area (Å²) in [6.07, 6.45) is 9.35. The highest BCUT2D eigenvalue weighted by atomic mass is 35.5. The maximum absolute atomic E-state index is 15.3. The Bertz CT molecular complexity index is 988. The average Bonchev–Trinajstić information content (AvgIpc) is 2.74. The largest absolute Gasteiger partial charge is 0.206 e. The predicted molar refractivity (Wildman–Crippen MR) is 122 cm³/mol. The quantitative estimate of drug-likeness (QED) is 0.345. The molecule has 0 atom stereocenters. The van der Waals surface area contributed by atoms with E-state index in [1.54, 1.807) is 0 Å². The number of unbranched alkanes of at least 4 members (excludes halogenated alkanes) is 4. The molecular weight excluding hydrogens is 379 g/mol. The zero-order valence-electron chi connectivity index (χ0n) is 17.1. The van der Waals surface area contributed by atoms with Crippen LogP contribution in [0.3, 0.4) is 0 Å². The second-order valence-corrected chi connectivity index (χ2v) is 8.55. The Kier molecular flexibility index (Phi) is 6.35. The molecule has 4 rings (SSSR count). The van der Waals surface area contributed by atoms with E-state index in [4.69, 9.17) is 11.6 Å². The van der Waals surface area contributed by atoms with Crippen molar-refractivity contribution in [2.24, 2.45) is 0 Å². The van der Waals surface area contributed by atoms with Crippen LogP contribution >= 0.6 is 11.6 Å². The van der Waals surface area contributed by atoms with E-state index in [-0.39, 0.29) is 5.82 Å². The van der Waals surface area contributed by atoms with Crippen molar-refractivity contribution < 1.29 is 4.39 Å². The Labute approximate surface area is 178 Å². The lowest BCUT2D eigenvalue weighted by Crippen LogP contribution is -2.08. The molecule has 0 aromatic heterocycles. The first-order valence-electron chi connectivity index (χ1n) is 10.9. The first kappa shape index (κ1) is 20.2. The monoisotopic (exact) mass is 406 g/mol. The van der Waals surface area contributed by atoms with Crippen molar-refractivity contribution in [2.45, 2.75) is 58.3 Å². The molecule has 0 bridgehead atoms. The van der Waals surface area contributed by atoms with Gasteiger partial charge in [-0.1, -0.05) is 86.7 Å². The molecular formula is C27H28ClF. The van der Waals surface area contributed by atoms with Gasteiger partial charge in [0.05, 0.1) is 0 Å². The number of aryl methyl sites for hydroxylation is 2. The van der Waals surface area contributed by atoms with E-state index in [9.17, 15) is 0 Å². The maximum Gasteiger partial charge on any atom is 0.134 e. The molecule has 0 nitrogen and oxygen atoms in total. The smallest absolute Gasteiger partial charge is 0.134 e. The van der Waals surface area contributed by atoms with Crippen molar-refractivity contribution in [1.29, 1.82) is 0 Å². The van der Waals surface area contributed by atoms with Crippen molar-refractivity contribution in [3.05, 3.63) is 82.1 Å². The summed E-state index contributed by atoms with van der Waals surface area (Å²) in [6, 6.07) is 18.2. The van der Waals surface area contributed by atoms with Gasteiger partial charge in [-0.2, -0.15) is 0 Å². The van der Waals surface area contributed by atoms with E-state index >= 15 is 4.39 Å². The highest BCUT2D eigenvalue weighted by molar-refractivity contribution is 6.30. The first-order valence-corrected chi connectivity index (χ1v) is 11.2. The van der Waals surface area contributed by atoms with Crippen LogP contribution in [-0.4, -0.2) is 0 Å². The Morgan fingerprint density at radius 1 is 0.793 bits per heavy atom. The summed E-state index contributed by atoms with van der Waals surface area (Å²) in [6.45, 7) is 2.25. The molecule has 3 aromatic rings. The highest BCUT2D eigenvalue weighted by Crippen LogP contribution is 2.39. The van der Waals surface area contributed by atoms with E-state index < -0.39 is 0 Å². The van der Waals surface area contributed by atoms with Crippen molar-refractivity contribution >= 4 is 11.6 Å². The molecule has 0 saturated carbocycles. The number of benzene rings is 3. The van der Waals surface area contributed by atoms with Gasteiger partial charge in [-0.3, -0.25) is 0 Å². The van der Waals surface area contributed by atoms with E-state index in [0.717, 1.165) is 36.0 Å². The van der Waals surface area contributed by atoms with Crippen molar-refractivity contribution in [3.63, 3.8) is 0 Å². The first-order chi connectivity index (χ1) is 14.2. The van der Waals surface area contributed by atoms with Crippen molar-refractivity contribution in [1.82, 2.24) is 0 Å². The van der Waals surface area contributed by atoms with Gasteiger partial charge in [-0.05, 0) is 71.2 Å². The third-order valence-corrected chi connectivity index (χ3v) is 6.32. The van der Waals surface area contributed by atoms with Crippen LogP contribution in [0.1, 0.15) is 55.7 Å². The van der Waals surface area contributed by atoms with Crippen molar-refractivity contribution in [3.8, 4) is 22.3 Å². The van der Waals surface area contributed by atoms with E-state index in [0.29, 0.717) is 10.6 Å². The third-order valence-electron chi connectivity index (χ3n) is 6.07. The SMILES string of the molecule is CCCCCCCc1ccc2c(c1)CCc1c-2ccc(-c2ccc(Cl)cc2)c1F. The lowest BCUT2D eigenvalue weighted by molar-refractivity contribution is 0.611. The van der Waals surface area contributed by atoms with Crippen LogP contribution in [0.5, 0.6) is 0 Å². The number of hydrogen-bond donors (Lipinski definition) is 0. The van der Waals surface area contributed by atoms with Crippen LogP contribution < -0.4 is 0 Å². The molecule has 0 aliphatic heterocycles. The zero-order valence-corrected chi connectivity index (χ0v) is 17.9. The summed E-state index contributed by atoms with van der Waals surface area (Å²) >= 11 is 5.98. The van der Waals surface area contributed by atoms with Gasteiger partial charge in [0, 0.05) is 10.6 Å². The van der Waals surface area contributed by atoms with E-state index in [1.807, 2.05) is 30.3 Å². The Morgan fingerprint density at radius 3 is 2.31 bits per heavy atom. The molecule has 3 aromatic carbocycles. The van der Waals surface area contributed by atoms with Crippen molar-refractivity contribution in [2.75, 3.05) is 0 Å². The molecule has 0 radical (unpaired) electrons. The normalized spacial score (nSPS) is 12.5. The van der Waals surface area contributed by atoms with Gasteiger partial charge in [-0.15, -0.1) is 0 Å². The second kappa shape index (κ2) is 9.13. The van der Waals surface area contributed by atoms with Crippen LogP contribution in [0.4, 0.5) is 4.39 Å².